The average Bonchev–Trinajstić information content (AvgIpc) is 3.09. The Balaban J connectivity index is 1.63. The average molecular weight is 379 g/mol. The summed E-state index contributed by atoms with van der Waals surface area (Å²) in [7, 11) is 0. The summed E-state index contributed by atoms with van der Waals surface area (Å²) in [5.41, 5.74) is 1.16. The van der Waals surface area contributed by atoms with E-state index in [0.717, 1.165) is 0 Å². The van der Waals surface area contributed by atoms with Crippen molar-refractivity contribution in [2.24, 2.45) is 0 Å². The minimum Gasteiger partial charge on any atom is -0.507 e. The number of nitrogens with one attached hydrogen (secondary N) is 1. The maximum absolute atomic E-state index is 12.2. The summed E-state index contributed by atoms with van der Waals surface area (Å²) in [5.74, 6) is 1.81. The molecule has 2 aromatic heterocycles. The number of fused-ring (bicyclic) bond motifs is 1. The lowest BCUT2D eigenvalue weighted by molar-refractivity contribution is 0.476. The van der Waals surface area contributed by atoms with Crippen molar-refractivity contribution in [3.8, 4) is 17.1 Å². The quantitative estimate of drug-likeness (QED) is 0.517. The lowest BCUT2D eigenvalue weighted by Gasteiger charge is -2.08. The summed E-state index contributed by atoms with van der Waals surface area (Å²) >= 11 is 1.44. The fraction of sp³-hybridized carbons (Fsp3) is 0.158. The number of aromatic hydroxyl groups is 1. The van der Waals surface area contributed by atoms with E-state index in [2.05, 4.69) is 20.2 Å². The molecule has 2 N–H and O–H groups in total. The highest BCUT2D eigenvalue weighted by Gasteiger charge is 2.16. The number of aromatic amines is 1. The zero-order valence-electron chi connectivity index (χ0n) is 14.6. The third-order valence-electron chi connectivity index (χ3n) is 4.18. The molecule has 7 nitrogen and oxygen atoms in total. The van der Waals surface area contributed by atoms with Gasteiger partial charge in [-0.05, 0) is 31.2 Å². The van der Waals surface area contributed by atoms with Crippen molar-refractivity contribution in [2.45, 2.75) is 24.4 Å². The molecular weight excluding hydrogens is 362 g/mol. The Morgan fingerprint density at radius 2 is 1.89 bits per heavy atom. The van der Waals surface area contributed by atoms with Crippen molar-refractivity contribution in [3.63, 3.8) is 0 Å². The second-order valence-corrected chi connectivity index (χ2v) is 6.83. The largest absolute Gasteiger partial charge is 0.507 e. The SMILES string of the molecule is CCn1c(SCc2nc3ccccc3c(=O)[nH]2)nnc1-c1ccccc1O. The summed E-state index contributed by atoms with van der Waals surface area (Å²) in [6.07, 6.45) is 0. The van der Waals surface area contributed by atoms with Gasteiger partial charge in [-0.2, -0.15) is 0 Å². The summed E-state index contributed by atoms with van der Waals surface area (Å²) < 4.78 is 1.93. The summed E-state index contributed by atoms with van der Waals surface area (Å²) in [6, 6.07) is 14.3. The molecule has 0 saturated heterocycles. The van der Waals surface area contributed by atoms with Crippen LogP contribution in [0.4, 0.5) is 0 Å². The van der Waals surface area contributed by atoms with Crippen molar-refractivity contribution in [1.82, 2.24) is 24.7 Å². The molecule has 4 aromatic rings. The van der Waals surface area contributed by atoms with Gasteiger partial charge in [-0.1, -0.05) is 36.0 Å². The zero-order chi connectivity index (χ0) is 18.8. The first-order chi connectivity index (χ1) is 13.2. The minimum absolute atomic E-state index is 0.150. The molecule has 0 saturated carbocycles. The number of hydrogen-bond donors (Lipinski definition) is 2. The van der Waals surface area contributed by atoms with Crippen LogP contribution in [0, 0.1) is 0 Å². The number of thioether (sulfide) groups is 1. The van der Waals surface area contributed by atoms with Gasteiger partial charge in [-0.3, -0.25) is 4.79 Å². The van der Waals surface area contributed by atoms with E-state index in [-0.39, 0.29) is 11.3 Å². The van der Waals surface area contributed by atoms with E-state index in [9.17, 15) is 9.90 Å². The smallest absolute Gasteiger partial charge is 0.258 e. The molecule has 2 heterocycles. The zero-order valence-corrected chi connectivity index (χ0v) is 15.4. The third-order valence-corrected chi connectivity index (χ3v) is 5.16. The minimum atomic E-state index is -0.150. The predicted octanol–water partition coefficient (Wildman–Crippen LogP) is 3.20. The first-order valence-electron chi connectivity index (χ1n) is 8.49. The van der Waals surface area contributed by atoms with E-state index in [4.69, 9.17) is 0 Å². The number of nitrogens with zero attached hydrogens (tertiary/aromatic N) is 4. The van der Waals surface area contributed by atoms with Crippen LogP contribution in [0.5, 0.6) is 5.75 Å². The van der Waals surface area contributed by atoms with Gasteiger partial charge in [0.05, 0.1) is 22.2 Å². The van der Waals surface area contributed by atoms with E-state index >= 15 is 0 Å². The van der Waals surface area contributed by atoms with E-state index < -0.39 is 0 Å². The lowest BCUT2D eigenvalue weighted by Crippen LogP contribution is -2.11. The summed E-state index contributed by atoms with van der Waals surface area (Å²) in [6.45, 7) is 2.65. The van der Waals surface area contributed by atoms with Gasteiger partial charge in [-0.15, -0.1) is 10.2 Å². The normalized spacial score (nSPS) is 11.1. The van der Waals surface area contributed by atoms with Crippen LogP contribution in [0.15, 0.2) is 58.5 Å². The fourth-order valence-electron chi connectivity index (χ4n) is 2.88. The number of aromatic nitrogens is 5. The Bertz CT molecular complexity index is 1170. The van der Waals surface area contributed by atoms with Gasteiger partial charge in [0.1, 0.15) is 11.6 Å². The van der Waals surface area contributed by atoms with Crippen LogP contribution in [0.1, 0.15) is 12.7 Å². The van der Waals surface area contributed by atoms with Gasteiger partial charge in [0.15, 0.2) is 11.0 Å². The molecule has 0 aliphatic heterocycles. The number of benzene rings is 2. The molecule has 4 rings (SSSR count). The number of rotatable bonds is 5. The molecule has 0 fully saturated rings. The second-order valence-electron chi connectivity index (χ2n) is 5.89. The molecule has 0 aliphatic carbocycles. The van der Waals surface area contributed by atoms with Gasteiger partial charge in [0.2, 0.25) is 0 Å². The van der Waals surface area contributed by atoms with Gasteiger partial charge in [-0.25, -0.2) is 4.98 Å². The van der Waals surface area contributed by atoms with E-state index in [0.29, 0.717) is 45.6 Å². The number of phenolic OH excluding ortho intramolecular Hbond substituents is 1. The van der Waals surface area contributed by atoms with Crippen molar-refractivity contribution in [2.75, 3.05) is 0 Å². The number of H-pyrrole nitrogens is 1. The first kappa shape index (κ1) is 17.3. The number of phenols is 1. The van der Waals surface area contributed by atoms with E-state index in [1.165, 1.54) is 11.8 Å². The Morgan fingerprint density at radius 3 is 2.70 bits per heavy atom. The van der Waals surface area contributed by atoms with Crippen molar-refractivity contribution in [1.29, 1.82) is 0 Å². The molecule has 27 heavy (non-hydrogen) atoms. The maximum atomic E-state index is 12.2. The highest BCUT2D eigenvalue weighted by Crippen LogP contribution is 2.30. The van der Waals surface area contributed by atoms with Gasteiger partial charge < -0.3 is 14.7 Å². The number of hydrogen-bond acceptors (Lipinski definition) is 6. The van der Waals surface area contributed by atoms with Crippen molar-refractivity contribution in [3.05, 3.63) is 64.7 Å². The Labute approximate surface area is 159 Å². The summed E-state index contributed by atoms with van der Waals surface area (Å²) in [4.78, 5) is 19.5. The third kappa shape index (κ3) is 3.31. The van der Waals surface area contributed by atoms with Crippen LogP contribution < -0.4 is 5.56 Å². The van der Waals surface area contributed by atoms with Gasteiger partial charge in [0, 0.05) is 6.54 Å². The standard InChI is InChI=1S/C19H17N5O2S/c1-2-24-17(13-8-4-6-10-15(13)25)22-23-19(24)27-11-16-20-14-9-5-3-7-12(14)18(26)21-16/h3-10,25H,2,11H2,1H3,(H,20,21,26). The van der Waals surface area contributed by atoms with Crippen LogP contribution in [0.3, 0.4) is 0 Å². The molecule has 0 amide bonds. The highest BCUT2D eigenvalue weighted by atomic mass is 32.2. The van der Waals surface area contributed by atoms with E-state index in [1.807, 2.05) is 41.8 Å². The molecule has 0 bridgehead atoms. The van der Waals surface area contributed by atoms with Gasteiger partial charge in [0.25, 0.3) is 5.56 Å². The number of para-hydroxylation sites is 2. The molecule has 136 valence electrons. The summed E-state index contributed by atoms with van der Waals surface area (Å²) in [5, 5.41) is 19.9. The van der Waals surface area contributed by atoms with Crippen LogP contribution in [-0.2, 0) is 12.3 Å². The van der Waals surface area contributed by atoms with Crippen LogP contribution in [0.25, 0.3) is 22.3 Å². The molecule has 0 radical (unpaired) electrons. The van der Waals surface area contributed by atoms with Crippen LogP contribution in [0.2, 0.25) is 0 Å². The molecular formula is C19H17N5O2S. The monoisotopic (exact) mass is 379 g/mol. The molecule has 0 unspecified atom stereocenters. The Hall–Kier alpha value is -3.13. The Kier molecular flexibility index (Phi) is 4.64. The molecule has 2 aromatic carbocycles. The van der Waals surface area contributed by atoms with Gasteiger partial charge >= 0.3 is 0 Å². The Morgan fingerprint density at radius 1 is 1.11 bits per heavy atom. The predicted molar refractivity (Wildman–Crippen MR) is 105 cm³/mol. The van der Waals surface area contributed by atoms with E-state index in [1.54, 1.807) is 18.2 Å². The van der Waals surface area contributed by atoms with Crippen LogP contribution in [-0.4, -0.2) is 29.8 Å². The fourth-order valence-corrected chi connectivity index (χ4v) is 3.75. The maximum Gasteiger partial charge on any atom is 0.258 e. The second kappa shape index (κ2) is 7.24. The molecule has 0 atom stereocenters. The molecule has 8 heteroatoms. The van der Waals surface area contributed by atoms with Crippen LogP contribution >= 0.6 is 11.8 Å². The molecule has 0 aliphatic rings. The molecule has 0 spiro atoms. The lowest BCUT2D eigenvalue weighted by atomic mass is 10.2. The van der Waals surface area contributed by atoms with Crippen molar-refractivity contribution >= 4 is 22.7 Å². The highest BCUT2D eigenvalue weighted by molar-refractivity contribution is 7.98. The first-order valence-corrected chi connectivity index (χ1v) is 9.48. The van der Waals surface area contributed by atoms with Crippen molar-refractivity contribution < 1.29 is 5.11 Å². The topological polar surface area (TPSA) is 96.7 Å².